The number of fused-ring (bicyclic) bond motifs is 2. The Labute approximate surface area is 180 Å². The Bertz CT molecular complexity index is 1510. The minimum Gasteiger partial charge on any atom is -0.506 e. The third kappa shape index (κ3) is 3.66. The molecule has 12 heteroatoms. The van der Waals surface area contributed by atoms with Gasteiger partial charge in [0.25, 0.3) is 10.1 Å². The van der Waals surface area contributed by atoms with Crippen molar-refractivity contribution in [3.8, 4) is 5.75 Å². The molecule has 2 heterocycles. The number of pyridine rings is 1. The fourth-order valence-corrected chi connectivity index (χ4v) is 4.43. The molecule has 0 fully saturated rings. The van der Waals surface area contributed by atoms with Gasteiger partial charge in [-0.2, -0.15) is 8.42 Å². The van der Waals surface area contributed by atoms with E-state index in [1.54, 1.807) is 12.1 Å². The van der Waals surface area contributed by atoms with E-state index in [4.69, 9.17) is 6.57 Å². The number of phenolic OH excluding ortho intramolecular Hbond substituents is 1. The minimum atomic E-state index is -4.71. The van der Waals surface area contributed by atoms with Crippen LogP contribution in [0.4, 0.5) is 22.1 Å². The molecule has 31 heavy (non-hydrogen) atoms. The molecular formula is C19H14N6O4S2. The SMILES string of the molecule is [C-]#[N+]c1cncc2c(N=Nc3cc(S(=O)(=O)O)c(O)c4cccc(NCC)c34)snc12. The summed E-state index contributed by atoms with van der Waals surface area (Å²) in [5.74, 6) is -0.578. The molecule has 0 aliphatic heterocycles. The van der Waals surface area contributed by atoms with Gasteiger partial charge in [0.05, 0.1) is 17.8 Å². The van der Waals surface area contributed by atoms with Crippen molar-refractivity contribution in [1.29, 1.82) is 0 Å². The molecule has 4 rings (SSSR count). The van der Waals surface area contributed by atoms with Gasteiger partial charge in [-0.15, -0.1) is 10.2 Å². The summed E-state index contributed by atoms with van der Waals surface area (Å²) < 4.78 is 37.4. The van der Waals surface area contributed by atoms with Gasteiger partial charge in [0, 0.05) is 40.8 Å². The number of nitrogens with zero attached hydrogens (tertiary/aromatic N) is 5. The Morgan fingerprint density at radius 2 is 2.06 bits per heavy atom. The summed E-state index contributed by atoms with van der Waals surface area (Å²) in [4.78, 5) is 6.72. The van der Waals surface area contributed by atoms with Crippen LogP contribution in [0, 0.1) is 6.57 Å². The highest BCUT2D eigenvalue weighted by molar-refractivity contribution is 7.86. The van der Waals surface area contributed by atoms with Crippen molar-refractivity contribution in [2.24, 2.45) is 10.2 Å². The van der Waals surface area contributed by atoms with Crippen LogP contribution < -0.4 is 5.32 Å². The first-order valence-electron chi connectivity index (χ1n) is 8.87. The molecule has 4 aromatic rings. The molecule has 0 unspecified atom stereocenters. The Morgan fingerprint density at radius 3 is 2.77 bits per heavy atom. The van der Waals surface area contributed by atoms with Gasteiger partial charge in [-0.3, -0.25) is 9.54 Å². The Hall–Kier alpha value is -3.66. The molecule has 0 aliphatic carbocycles. The van der Waals surface area contributed by atoms with E-state index in [1.165, 1.54) is 18.5 Å². The highest BCUT2D eigenvalue weighted by Gasteiger charge is 2.22. The highest BCUT2D eigenvalue weighted by atomic mass is 32.2. The molecule has 156 valence electrons. The van der Waals surface area contributed by atoms with Crippen LogP contribution in [0.3, 0.4) is 0 Å². The first-order valence-corrected chi connectivity index (χ1v) is 11.1. The van der Waals surface area contributed by atoms with Crippen molar-refractivity contribution in [2.75, 3.05) is 11.9 Å². The van der Waals surface area contributed by atoms with Gasteiger partial charge in [0.15, 0.2) is 5.00 Å². The summed E-state index contributed by atoms with van der Waals surface area (Å²) in [6, 6.07) is 5.98. The molecule has 0 spiro atoms. The van der Waals surface area contributed by atoms with Crippen molar-refractivity contribution < 1.29 is 18.1 Å². The van der Waals surface area contributed by atoms with Crippen LogP contribution in [0.5, 0.6) is 5.75 Å². The van der Waals surface area contributed by atoms with Gasteiger partial charge in [-0.1, -0.05) is 12.1 Å². The van der Waals surface area contributed by atoms with E-state index < -0.39 is 20.8 Å². The minimum absolute atomic E-state index is 0.118. The average molecular weight is 454 g/mol. The van der Waals surface area contributed by atoms with Crippen molar-refractivity contribution in [3.63, 3.8) is 0 Å². The number of benzene rings is 2. The van der Waals surface area contributed by atoms with Gasteiger partial charge < -0.3 is 10.4 Å². The number of aromatic nitrogens is 2. The lowest BCUT2D eigenvalue weighted by atomic mass is 10.1. The number of hydrogen-bond acceptors (Lipinski definition) is 9. The Balaban J connectivity index is 1.97. The largest absolute Gasteiger partial charge is 0.506 e. The fraction of sp³-hybridized carbons (Fsp3) is 0.105. The highest BCUT2D eigenvalue weighted by Crippen LogP contribution is 2.43. The number of phenols is 1. The zero-order chi connectivity index (χ0) is 22.2. The molecular weight excluding hydrogens is 440 g/mol. The molecule has 0 radical (unpaired) electrons. The lowest BCUT2D eigenvalue weighted by molar-refractivity contribution is 0.448. The van der Waals surface area contributed by atoms with E-state index >= 15 is 0 Å². The second-order valence-corrected chi connectivity index (χ2v) is 8.47. The maximum atomic E-state index is 11.8. The molecule has 2 aromatic carbocycles. The first-order chi connectivity index (χ1) is 14.8. The molecule has 0 aliphatic rings. The zero-order valence-electron chi connectivity index (χ0n) is 15.9. The van der Waals surface area contributed by atoms with Crippen LogP contribution in [0.25, 0.3) is 26.5 Å². The van der Waals surface area contributed by atoms with E-state index in [2.05, 4.69) is 29.7 Å². The summed E-state index contributed by atoms with van der Waals surface area (Å²) in [5, 5.41) is 23.5. The maximum Gasteiger partial charge on any atom is 0.298 e. The molecule has 3 N–H and O–H groups in total. The quantitative estimate of drug-likeness (QED) is 0.214. The molecule has 0 atom stereocenters. The van der Waals surface area contributed by atoms with Crippen LogP contribution in [-0.2, 0) is 10.1 Å². The van der Waals surface area contributed by atoms with Crippen molar-refractivity contribution >= 4 is 65.4 Å². The van der Waals surface area contributed by atoms with Gasteiger partial charge >= 0.3 is 0 Å². The van der Waals surface area contributed by atoms with Crippen LogP contribution in [0.2, 0.25) is 0 Å². The number of rotatable bonds is 5. The zero-order valence-corrected chi connectivity index (χ0v) is 17.6. The van der Waals surface area contributed by atoms with Crippen LogP contribution in [-0.4, -0.2) is 34.0 Å². The Kier molecular flexibility index (Phi) is 5.24. The van der Waals surface area contributed by atoms with Gasteiger partial charge in [-0.25, -0.2) is 9.22 Å². The lowest BCUT2D eigenvalue weighted by Gasteiger charge is -2.13. The van der Waals surface area contributed by atoms with E-state index in [1.807, 2.05) is 6.92 Å². The van der Waals surface area contributed by atoms with Gasteiger partial charge in [0.1, 0.15) is 10.6 Å². The molecule has 10 nitrogen and oxygen atoms in total. The average Bonchev–Trinajstić information content (AvgIpc) is 3.16. The topological polar surface area (TPSA) is 141 Å². The number of aromatic hydroxyl groups is 1. The monoisotopic (exact) mass is 454 g/mol. The smallest absolute Gasteiger partial charge is 0.298 e. The van der Waals surface area contributed by atoms with Crippen molar-refractivity contribution in [2.45, 2.75) is 11.8 Å². The van der Waals surface area contributed by atoms with Crippen LogP contribution in [0.1, 0.15) is 6.92 Å². The standard InChI is InChI=1S/C19H14N6O4S2/c1-3-22-12-6-4-5-10-16(12)13(7-15(18(10)26)31(27,28)29)23-24-19-11-8-21-9-14(20-2)17(11)25-30-19/h4-9,22,26H,3H2,1H3,(H,27,28,29). The summed E-state index contributed by atoms with van der Waals surface area (Å²) >= 11 is 1.02. The molecule has 0 saturated heterocycles. The predicted octanol–water partition coefficient (Wildman–Crippen LogP) is 5.19. The number of hydrogen-bond donors (Lipinski definition) is 3. The molecule has 2 aromatic heterocycles. The van der Waals surface area contributed by atoms with E-state index in [9.17, 15) is 18.1 Å². The van der Waals surface area contributed by atoms with Crippen LogP contribution in [0.15, 0.2) is 51.8 Å². The number of anilines is 1. The third-order valence-electron chi connectivity index (χ3n) is 4.44. The second kappa shape index (κ2) is 7.88. The predicted molar refractivity (Wildman–Crippen MR) is 117 cm³/mol. The molecule has 0 saturated carbocycles. The van der Waals surface area contributed by atoms with Crippen molar-refractivity contribution in [1.82, 2.24) is 9.36 Å². The molecule has 0 amide bonds. The first kappa shape index (κ1) is 20.6. The van der Waals surface area contributed by atoms with E-state index in [0.29, 0.717) is 33.5 Å². The van der Waals surface area contributed by atoms with Gasteiger partial charge in [-0.05, 0) is 30.6 Å². The van der Waals surface area contributed by atoms with E-state index in [-0.39, 0.29) is 16.8 Å². The number of nitrogens with one attached hydrogen (secondary N) is 1. The maximum absolute atomic E-state index is 11.8. The normalized spacial score (nSPS) is 11.9. The number of azo groups is 1. The summed E-state index contributed by atoms with van der Waals surface area (Å²) in [6.45, 7) is 9.67. The van der Waals surface area contributed by atoms with Crippen LogP contribution >= 0.6 is 11.5 Å². The fourth-order valence-electron chi connectivity index (χ4n) is 3.12. The van der Waals surface area contributed by atoms with E-state index in [0.717, 1.165) is 17.6 Å². The summed E-state index contributed by atoms with van der Waals surface area (Å²) in [6.07, 6.45) is 2.93. The van der Waals surface area contributed by atoms with Crippen molar-refractivity contribution in [3.05, 3.63) is 48.1 Å². The molecule has 0 bridgehead atoms. The second-order valence-electron chi connectivity index (χ2n) is 6.33. The summed E-state index contributed by atoms with van der Waals surface area (Å²) in [7, 11) is -4.71. The summed E-state index contributed by atoms with van der Waals surface area (Å²) in [5.41, 5.74) is 1.46. The third-order valence-corrected chi connectivity index (χ3v) is 6.06. The Morgan fingerprint density at radius 1 is 1.26 bits per heavy atom. The van der Waals surface area contributed by atoms with Gasteiger partial charge in [0.2, 0.25) is 5.69 Å². The lowest BCUT2D eigenvalue weighted by Crippen LogP contribution is -2.01.